The number of aliphatic hydroxyl groups is 1. The first kappa shape index (κ1) is 26.9. The highest BCUT2D eigenvalue weighted by molar-refractivity contribution is 6.46. The molecule has 0 spiro atoms. The van der Waals surface area contributed by atoms with Crippen molar-refractivity contribution in [3.8, 4) is 11.5 Å². The molecule has 7 heteroatoms. The smallest absolute Gasteiger partial charge is 0.295 e. The van der Waals surface area contributed by atoms with Crippen LogP contribution in [0.2, 0.25) is 0 Å². The molecule has 4 rings (SSSR count). The number of ketones is 1. The van der Waals surface area contributed by atoms with Crippen LogP contribution in [0.3, 0.4) is 0 Å². The molecule has 198 valence electrons. The predicted octanol–water partition coefficient (Wildman–Crippen LogP) is 5.04. The third-order valence-electron chi connectivity index (χ3n) is 6.37. The molecule has 0 saturated carbocycles. The lowest BCUT2D eigenvalue weighted by atomic mass is 9.95. The molecule has 1 N–H and O–H groups in total. The molecule has 1 saturated heterocycles. The predicted molar refractivity (Wildman–Crippen MR) is 147 cm³/mol. The third-order valence-corrected chi connectivity index (χ3v) is 6.37. The summed E-state index contributed by atoms with van der Waals surface area (Å²) in [7, 11) is 3.82. The maximum atomic E-state index is 13.2. The number of aliphatic hydroxyl groups excluding tert-OH is 1. The van der Waals surface area contributed by atoms with E-state index in [1.54, 1.807) is 24.3 Å². The lowest BCUT2D eigenvalue weighted by Crippen LogP contribution is -2.35. The third kappa shape index (κ3) is 6.23. The van der Waals surface area contributed by atoms with Gasteiger partial charge < -0.3 is 24.4 Å². The van der Waals surface area contributed by atoms with Crippen LogP contribution in [0.1, 0.15) is 36.1 Å². The van der Waals surface area contributed by atoms with Gasteiger partial charge in [-0.1, -0.05) is 49.4 Å². The maximum absolute atomic E-state index is 13.2. The lowest BCUT2D eigenvalue weighted by Gasteiger charge is -2.26. The number of rotatable bonds is 11. The zero-order valence-corrected chi connectivity index (χ0v) is 22.1. The average Bonchev–Trinajstić information content (AvgIpc) is 3.19. The van der Waals surface area contributed by atoms with Crippen molar-refractivity contribution in [3.05, 3.63) is 101 Å². The summed E-state index contributed by atoms with van der Waals surface area (Å²) in [5, 5.41) is 11.3. The lowest BCUT2D eigenvalue weighted by molar-refractivity contribution is -0.140. The first-order chi connectivity index (χ1) is 18.4. The molecule has 7 nitrogen and oxygen atoms in total. The van der Waals surface area contributed by atoms with E-state index in [9.17, 15) is 14.7 Å². The van der Waals surface area contributed by atoms with Crippen LogP contribution in [-0.4, -0.2) is 60.4 Å². The van der Waals surface area contributed by atoms with E-state index in [-0.39, 0.29) is 11.3 Å². The van der Waals surface area contributed by atoms with Gasteiger partial charge in [0.15, 0.2) is 0 Å². The molecule has 3 aromatic carbocycles. The zero-order valence-electron chi connectivity index (χ0n) is 22.1. The van der Waals surface area contributed by atoms with Gasteiger partial charge in [-0.05, 0) is 68.0 Å². The average molecular weight is 515 g/mol. The standard InChI is InChI=1S/C31H34N2O5/c1-4-20-37-25-16-12-24(13-17-25)29(34)27-28(33(19-18-32(2)3)31(36)30(27)35)23-10-14-26(15-11-23)38-21-22-8-6-5-7-9-22/h5-17,28,34H,4,18-21H2,1-3H3/b29-27+. The van der Waals surface area contributed by atoms with Crippen molar-refractivity contribution >= 4 is 17.4 Å². The Morgan fingerprint density at radius 3 is 2.16 bits per heavy atom. The van der Waals surface area contributed by atoms with E-state index in [0.29, 0.717) is 43.4 Å². The molecule has 1 fully saturated rings. The van der Waals surface area contributed by atoms with E-state index in [1.807, 2.05) is 80.5 Å². The molecule has 0 bridgehead atoms. The van der Waals surface area contributed by atoms with Crippen LogP contribution in [0.5, 0.6) is 11.5 Å². The molecule has 1 atom stereocenters. The van der Waals surface area contributed by atoms with Crippen LogP contribution in [0.15, 0.2) is 84.4 Å². The summed E-state index contributed by atoms with van der Waals surface area (Å²) in [6.45, 7) is 3.96. The highest BCUT2D eigenvalue weighted by atomic mass is 16.5. The Morgan fingerprint density at radius 2 is 1.53 bits per heavy atom. The molecule has 1 heterocycles. The molecule has 1 aliphatic rings. The molecule has 1 amide bonds. The van der Waals surface area contributed by atoms with E-state index in [4.69, 9.17) is 9.47 Å². The number of amides is 1. The molecule has 38 heavy (non-hydrogen) atoms. The Kier molecular flexibility index (Phi) is 8.81. The van der Waals surface area contributed by atoms with Crippen LogP contribution < -0.4 is 9.47 Å². The van der Waals surface area contributed by atoms with Gasteiger partial charge in [-0.15, -0.1) is 0 Å². The molecule has 3 aromatic rings. The van der Waals surface area contributed by atoms with Gasteiger partial charge in [0.2, 0.25) is 0 Å². The van der Waals surface area contributed by atoms with Crippen molar-refractivity contribution in [2.45, 2.75) is 26.0 Å². The summed E-state index contributed by atoms with van der Waals surface area (Å²) in [5.41, 5.74) is 2.31. The van der Waals surface area contributed by atoms with E-state index < -0.39 is 17.7 Å². The highest BCUT2D eigenvalue weighted by Gasteiger charge is 2.45. The Labute approximate surface area is 223 Å². The van der Waals surface area contributed by atoms with Gasteiger partial charge in [0, 0.05) is 18.7 Å². The second kappa shape index (κ2) is 12.4. The monoisotopic (exact) mass is 514 g/mol. The highest BCUT2D eigenvalue weighted by Crippen LogP contribution is 2.40. The quantitative estimate of drug-likeness (QED) is 0.220. The summed E-state index contributed by atoms with van der Waals surface area (Å²) in [5.74, 6) is -0.164. The van der Waals surface area contributed by atoms with Crippen molar-refractivity contribution in [1.29, 1.82) is 0 Å². The number of likely N-dealkylation sites (tertiary alicyclic amines) is 1. The van der Waals surface area contributed by atoms with E-state index >= 15 is 0 Å². The van der Waals surface area contributed by atoms with Gasteiger partial charge in [0.05, 0.1) is 18.2 Å². The van der Waals surface area contributed by atoms with Crippen LogP contribution in [-0.2, 0) is 16.2 Å². The Bertz CT molecular complexity index is 1270. The fourth-order valence-electron chi connectivity index (χ4n) is 4.34. The van der Waals surface area contributed by atoms with Gasteiger partial charge in [-0.2, -0.15) is 0 Å². The Hall–Kier alpha value is -4.10. The second-order valence-electron chi connectivity index (χ2n) is 9.51. The summed E-state index contributed by atoms with van der Waals surface area (Å²) in [6, 6.07) is 23.4. The van der Waals surface area contributed by atoms with Gasteiger partial charge in [-0.3, -0.25) is 9.59 Å². The Balaban J connectivity index is 1.65. The van der Waals surface area contributed by atoms with E-state index in [1.165, 1.54) is 4.90 Å². The summed E-state index contributed by atoms with van der Waals surface area (Å²) in [4.78, 5) is 29.8. The first-order valence-corrected chi connectivity index (χ1v) is 12.8. The number of ether oxygens (including phenoxy) is 2. The minimum Gasteiger partial charge on any atom is -0.507 e. The number of benzene rings is 3. The normalized spacial score (nSPS) is 16.7. The number of hydrogen-bond acceptors (Lipinski definition) is 6. The number of Topliss-reactive ketones (excluding diaryl/α,β-unsaturated/α-hetero) is 1. The molecule has 0 aromatic heterocycles. The topological polar surface area (TPSA) is 79.3 Å². The van der Waals surface area contributed by atoms with E-state index in [0.717, 1.165) is 17.5 Å². The number of carbonyl (C=O) groups excluding carboxylic acids is 2. The zero-order chi connectivity index (χ0) is 27.1. The summed E-state index contributed by atoms with van der Waals surface area (Å²) < 4.78 is 11.5. The van der Waals surface area contributed by atoms with Gasteiger partial charge >= 0.3 is 0 Å². The second-order valence-corrected chi connectivity index (χ2v) is 9.51. The van der Waals surface area contributed by atoms with Crippen molar-refractivity contribution in [2.75, 3.05) is 33.8 Å². The number of carbonyl (C=O) groups is 2. The van der Waals surface area contributed by atoms with Crippen molar-refractivity contribution < 1.29 is 24.2 Å². The fourth-order valence-corrected chi connectivity index (χ4v) is 4.34. The molecule has 1 unspecified atom stereocenters. The summed E-state index contributed by atoms with van der Waals surface area (Å²) in [6.07, 6.45) is 0.883. The largest absolute Gasteiger partial charge is 0.507 e. The van der Waals surface area contributed by atoms with Gasteiger partial charge in [0.1, 0.15) is 23.9 Å². The van der Waals surface area contributed by atoms with Crippen molar-refractivity contribution in [3.63, 3.8) is 0 Å². The molecule has 0 aliphatic carbocycles. The van der Waals surface area contributed by atoms with Gasteiger partial charge in [0.25, 0.3) is 11.7 Å². The summed E-state index contributed by atoms with van der Waals surface area (Å²) >= 11 is 0. The van der Waals surface area contributed by atoms with Gasteiger partial charge in [-0.25, -0.2) is 0 Å². The van der Waals surface area contributed by atoms with Crippen molar-refractivity contribution in [1.82, 2.24) is 9.80 Å². The molecular weight excluding hydrogens is 480 g/mol. The molecule has 0 radical (unpaired) electrons. The van der Waals surface area contributed by atoms with E-state index in [2.05, 4.69) is 0 Å². The minimum atomic E-state index is -0.714. The molecular formula is C31H34N2O5. The van der Waals surface area contributed by atoms with Crippen LogP contribution in [0, 0.1) is 0 Å². The molecule has 1 aliphatic heterocycles. The first-order valence-electron chi connectivity index (χ1n) is 12.8. The fraction of sp³-hybridized carbons (Fsp3) is 0.290. The van der Waals surface area contributed by atoms with Crippen molar-refractivity contribution in [2.24, 2.45) is 0 Å². The van der Waals surface area contributed by atoms with Crippen LogP contribution in [0.25, 0.3) is 5.76 Å². The van der Waals surface area contributed by atoms with Crippen LogP contribution >= 0.6 is 0 Å². The minimum absolute atomic E-state index is 0.0777. The number of nitrogens with zero attached hydrogens (tertiary/aromatic N) is 2. The van der Waals surface area contributed by atoms with Crippen LogP contribution in [0.4, 0.5) is 0 Å². The number of hydrogen-bond donors (Lipinski definition) is 1. The maximum Gasteiger partial charge on any atom is 0.295 e. The Morgan fingerprint density at radius 1 is 0.895 bits per heavy atom. The number of likely N-dealkylation sites (N-methyl/N-ethyl adjacent to an activating group) is 1. The SMILES string of the molecule is CCCOc1ccc(/C(O)=C2\C(=O)C(=O)N(CCN(C)C)C2c2ccc(OCc3ccccc3)cc2)cc1.